The van der Waals surface area contributed by atoms with Crippen LogP contribution in [0.15, 0.2) is 18.5 Å². The molecule has 0 N–H and O–H groups in total. The molecule has 2 aromatic rings. The summed E-state index contributed by atoms with van der Waals surface area (Å²) in [4.78, 5) is 7.65. The van der Waals surface area contributed by atoms with Crippen LogP contribution in [0.2, 0.25) is 15.3 Å². The third kappa shape index (κ3) is 3.26. The Hall–Kier alpha value is -1.23. The molecule has 0 amide bonds. The number of ether oxygens (including phenoxy) is 2. The topological polar surface area (TPSA) is 44.2 Å². The molecule has 0 aliphatic heterocycles. The number of aryl methyl sites for hydroxylation is 1. The van der Waals surface area contributed by atoms with E-state index in [0.717, 1.165) is 5.56 Å². The molecule has 106 valence electrons. The molecule has 20 heavy (non-hydrogen) atoms. The first-order chi connectivity index (χ1) is 9.52. The summed E-state index contributed by atoms with van der Waals surface area (Å²) in [6.45, 7) is 2.05. The van der Waals surface area contributed by atoms with Crippen molar-refractivity contribution in [1.82, 2.24) is 9.97 Å². The molecule has 0 spiro atoms. The summed E-state index contributed by atoms with van der Waals surface area (Å²) in [5.74, 6) is 1.03. The van der Waals surface area contributed by atoms with E-state index in [2.05, 4.69) is 9.97 Å². The Labute approximate surface area is 131 Å². The van der Waals surface area contributed by atoms with Crippen LogP contribution in [0, 0.1) is 6.92 Å². The number of methoxy groups -OCH3 is 1. The van der Waals surface area contributed by atoms with E-state index in [-0.39, 0.29) is 11.9 Å². The Morgan fingerprint density at radius 1 is 1.10 bits per heavy atom. The Morgan fingerprint density at radius 3 is 2.35 bits per heavy atom. The van der Waals surface area contributed by atoms with E-state index in [4.69, 9.17) is 44.3 Å². The zero-order valence-electron chi connectivity index (χ0n) is 10.8. The van der Waals surface area contributed by atoms with E-state index in [9.17, 15) is 0 Å². The summed E-state index contributed by atoms with van der Waals surface area (Å²) in [5.41, 5.74) is 1.51. The van der Waals surface area contributed by atoms with E-state index in [1.165, 1.54) is 12.4 Å². The van der Waals surface area contributed by atoms with Gasteiger partial charge in [0.05, 0.1) is 29.5 Å². The molecule has 0 aliphatic rings. The number of benzene rings is 1. The van der Waals surface area contributed by atoms with E-state index in [1.807, 2.05) is 6.92 Å². The summed E-state index contributed by atoms with van der Waals surface area (Å²) in [7, 11) is 1.55. The van der Waals surface area contributed by atoms with Gasteiger partial charge in [-0.3, -0.25) is 0 Å². The maximum atomic E-state index is 6.25. The van der Waals surface area contributed by atoms with Gasteiger partial charge in [0.2, 0.25) is 5.28 Å². The van der Waals surface area contributed by atoms with Crippen molar-refractivity contribution < 1.29 is 9.47 Å². The van der Waals surface area contributed by atoms with Gasteiger partial charge in [0.1, 0.15) is 12.4 Å². The first-order valence-electron chi connectivity index (χ1n) is 5.64. The average Bonchev–Trinajstić information content (AvgIpc) is 2.44. The number of halogens is 3. The highest BCUT2D eigenvalue weighted by molar-refractivity contribution is 6.37. The fourth-order valence-electron chi connectivity index (χ4n) is 1.61. The Balaban J connectivity index is 2.24. The molecule has 1 aromatic carbocycles. The molecule has 0 aliphatic carbocycles. The summed E-state index contributed by atoms with van der Waals surface area (Å²) in [5, 5.41) is 1.13. The monoisotopic (exact) mass is 332 g/mol. The molecule has 0 fully saturated rings. The lowest BCUT2D eigenvalue weighted by Gasteiger charge is -2.14. The third-order valence-corrected chi connectivity index (χ3v) is 3.78. The van der Waals surface area contributed by atoms with Gasteiger partial charge in [0.25, 0.3) is 0 Å². The van der Waals surface area contributed by atoms with Crippen molar-refractivity contribution >= 4 is 34.8 Å². The molecular weight excluding hydrogens is 323 g/mol. The van der Waals surface area contributed by atoms with Gasteiger partial charge in [0.15, 0.2) is 5.75 Å². The second-order valence-corrected chi connectivity index (χ2v) is 5.07. The van der Waals surface area contributed by atoms with E-state index in [1.54, 1.807) is 13.2 Å². The normalized spacial score (nSPS) is 10.4. The molecule has 0 bridgehead atoms. The summed E-state index contributed by atoms with van der Waals surface area (Å²) in [6.07, 6.45) is 2.95. The molecule has 4 nitrogen and oxygen atoms in total. The van der Waals surface area contributed by atoms with Crippen LogP contribution in [0.3, 0.4) is 0 Å². The molecule has 0 unspecified atom stereocenters. The SMILES string of the molecule is COc1cc(C)c(Cl)c(COc2cnc(Cl)nc2)c1Cl. The molecule has 0 atom stereocenters. The van der Waals surface area contributed by atoms with Crippen molar-refractivity contribution in [2.24, 2.45) is 0 Å². The largest absolute Gasteiger partial charge is 0.495 e. The summed E-state index contributed by atoms with van der Waals surface area (Å²) < 4.78 is 10.8. The first-order valence-corrected chi connectivity index (χ1v) is 6.78. The van der Waals surface area contributed by atoms with Crippen LogP contribution in [-0.4, -0.2) is 17.1 Å². The van der Waals surface area contributed by atoms with Crippen LogP contribution >= 0.6 is 34.8 Å². The highest BCUT2D eigenvalue weighted by Gasteiger charge is 2.15. The van der Waals surface area contributed by atoms with E-state index < -0.39 is 0 Å². The molecular formula is C13H11Cl3N2O2. The summed E-state index contributed by atoms with van der Waals surface area (Å²) in [6, 6.07) is 1.78. The van der Waals surface area contributed by atoms with Crippen molar-refractivity contribution in [3.05, 3.63) is 44.9 Å². The summed E-state index contributed by atoms with van der Waals surface area (Å²) >= 11 is 18.1. The predicted octanol–water partition coefficient (Wildman–Crippen LogP) is 4.33. The fraction of sp³-hybridized carbons (Fsp3) is 0.231. The zero-order valence-corrected chi connectivity index (χ0v) is 13.1. The number of hydrogen-bond acceptors (Lipinski definition) is 4. The van der Waals surface area contributed by atoms with Gasteiger partial charge in [-0.25, -0.2) is 9.97 Å². The van der Waals surface area contributed by atoms with Gasteiger partial charge in [-0.2, -0.15) is 0 Å². The molecule has 0 saturated carbocycles. The lowest BCUT2D eigenvalue weighted by molar-refractivity contribution is 0.302. The Morgan fingerprint density at radius 2 is 1.75 bits per heavy atom. The van der Waals surface area contributed by atoms with Gasteiger partial charge >= 0.3 is 0 Å². The number of aromatic nitrogens is 2. The van der Waals surface area contributed by atoms with Crippen molar-refractivity contribution in [3.8, 4) is 11.5 Å². The quantitative estimate of drug-likeness (QED) is 0.781. The average molecular weight is 334 g/mol. The zero-order chi connectivity index (χ0) is 14.7. The molecule has 1 heterocycles. The molecule has 2 rings (SSSR count). The highest BCUT2D eigenvalue weighted by atomic mass is 35.5. The second kappa shape index (κ2) is 6.48. The van der Waals surface area contributed by atoms with Gasteiger partial charge in [-0.15, -0.1) is 0 Å². The van der Waals surface area contributed by atoms with E-state index >= 15 is 0 Å². The molecule has 1 aromatic heterocycles. The highest BCUT2D eigenvalue weighted by Crippen LogP contribution is 2.36. The van der Waals surface area contributed by atoms with Crippen molar-refractivity contribution in [2.45, 2.75) is 13.5 Å². The Bertz CT molecular complexity index is 618. The number of hydrogen-bond donors (Lipinski definition) is 0. The lowest BCUT2D eigenvalue weighted by Crippen LogP contribution is -2.01. The second-order valence-electron chi connectivity index (χ2n) is 3.98. The van der Waals surface area contributed by atoms with Crippen molar-refractivity contribution in [2.75, 3.05) is 7.11 Å². The van der Waals surface area contributed by atoms with Gasteiger partial charge in [-0.05, 0) is 30.2 Å². The molecule has 0 radical (unpaired) electrons. The van der Waals surface area contributed by atoms with Gasteiger partial charge < -0.3 is 9.47 Å². The van der Waals surface area contributed by atoms with E-state index in [0.29, 0.717) is 27.1 Å². The molecule has 0 saturated heterocycles. The maximum Gasteiger partial charge on any atom is 0.222 e. The third-order valence-electron chi connectivity index (χ3n) is 2.64. The molecule has 7 heteroatoms. The fourth-order valence-corrected chi connectivity index (χ4v) is 2.24. The first kappa shape index (κ1) is 15.2. The van der Waals surface area contributed by atoms with Gasteiger partial charge in [-0.1, -0.05) is 23.2 Å². The van der Waals surface area contributed by atoms with Crippen LogP contribution < -0.4 is 9.47 Å². The van der Waals surface area contributed by atoms with Crippen LogP contribution in [0.25, 0.3) is 0 Å². The predicted molar refractivity (Wildman–Crippen MR) is 79.1 cm³/mol. The van der Waals surface area contributed by atoms with Crippen LogP contribution in [0.5, 0.6) is 11.5 Å². The van der Waals surface area contributed by atoms with Crippen LogP contribution in [0.1, 0.15) is 11.1 Å². The van der Waals surface area contributed by atoms with Crippen LogP contribution in [-0.2, 0) is 6.61 Å². The lowest BCUT2D eigenvalue weighted by atomic mass is 10.1. The smallest absolute Gasteiger partial charge is 0.222 e. The minimum Gasteiger partial charge on any atom is -0.495 e. The van der Waals surface area contributed by atoms with Crippen molar-refractivity contribution in [3.63, 3.8) is 0 Å². The Kier molecular flexibility index (Phi) is 4.91. The standard InChI is InChI=1S/C13H11Cl3N2O2/c1-7-3-10(19-2)12(15)9(11(7)14)6-20-8-4-17-13(16)18-5-8/h3-5H,6H2,1-2H3. The van der Waals surface area contributed by atoms with Crippen molar-refractivity contribution in [1.29, 1.82) is 0 Å². The number of nitrogens with zero attached hydrogens (tertiary/aromatic N) is 2. The maximum absolute atomic E-state index is 6.25. The van der Waals surface area contributed by atoms with Crippen LogP contribution in [0.4, 0.5) is 0 Å². The number of rotatable bonds is 4. The minimum absolute atomic E-state index is 0.158. The van der Waals surface area contributed by atoms with Gasteiger partial charge in [0, 0.05) is 5.56 Å². The minimum atomic E-state index is 0.158.